The summed E-state index contributed by atoms with van der Waals surface area (Å²) in [6, 6.07) is 15.0. The van der Waals surface area contributed by atoms with E-state index in [0.717, 1.165) is 29.3 Å². The molecule has 0 saturated carbocycles. The Bertz CT molecular complexity index is 1040. The van der Waals surface area contributed by atoms with Crippen molar-refractivity contribution < 1.29 is 13.2 Å². The molecule has 0 radical (unpaired) electrons. The molecule has 2 aromatic carbocycles. The first-order valence-electron chi connectivity index (χ1n) is 10.7. The van der Waals surface area contributed by atoms with Crippen LogP contribution in [0.5, 0.6) is 5.75 Å². The van der Waals surface area contributed by atoms with Crippen LogP contribution in [0.25, 0.3) is 0 Å². The molecule has 2 heterocycles. The number of nitrogens with one attached hydrogen (secondary N) is 2. The minimum atomic E-state index is -3.49. The second-order valence-electron chi connectivity index (χ2n) is 8.12. The lowest BCUT2D eigenvalue weighted by molar-refractivity contribution is 0.241. The van der Waals surface area contributed by atoms with Gasteiger partial charge in [-0.3, -0.25) is 4.99 Å². The van der Waals surface area contributed by atoms with E-state index >= 15 is 0 Å². The number of nitrogens with zero attached hydrogens (tertiary/aromatic N) is 2. The van der Waals surface area contributed by atoms with Crippen molar-refractivity contribution >= 4 is 15.9 Å². The third-order valence-electron chi connectivity index (χ3n) is 6.17. The van der Waals surface area contributed by atoms with Gasteiger partial charge < -0.3 is 15.4 Å². The summed E-state index contributed by atoms with van der Waals surface area (Å²) in [5.74, 6) is 1.75. The van der Waals surface area contributed by atoms with E-state index in [4.69, 9.17) is 9.73 Å². The highest BCUT2D eigenvalue weighted by Gasteiger charge is 2.43. The summed E-state index contributed by atoms with van der Waals surface area (Å²) in [6.07, 6.45) is 1.35. The predicted molar refractivity (Wildman–Crippen MR) is 122 cm³/mol. The van der Waals surface area contributed by atoms with Gasteiger partial charge in [0, 0.05) is 31.7 Å². The highest BCUT2D eigenvalue weighted by atomic mass is 32.2. The van der Waals surface area contributed by atoms with E-state index in [9.17, 15) is 8.42 Å². The Hall–Kier alpha value is -2.42. The lowest BCUT2D eigenvalue weighted by Crippen LogP contribution is -2.64. The number of amidine groups is 1. The molecule has 1 saturated heterocycles. The molecule has 2 N–H and O–H groups in total. The third kappa shape index (κ3) is 4.46. The number of rotatable bonds is 5. The van der Waals surface area contributed by atoms with Gasteiger partial charge in [-0.25, -0.2) is 8.42 Å². The molecule has 1 fully saturated rings. The number of sulfonamides is 1. The first kappa shape index (κ1) is 21.8. The lowest BCUT2D eigenvalue weighted by Gasteiger charge is -2.44. The van der Waals surface area contributed by atoms with Gasteiger partial charge in [0.1, 0.15) is 11.6 Å². The molecule has 0 atom stereocenters. The number of ether oxygens (including phenoxy) is 1. The van der Waals surface area contributed by atoms with Crippen molar-refractivity contribution in [1.29, 1.82) is 0 Å². The number of hydrogen-bond acceptors (Lipinski definition) is 6. The minimum Gasteiger partial charge on any atom is -0.496 e. The van der Waals surface area contributed by atoms with Crippen molar-refractivity contribution in [2.75, 3.05) is 33.3 Å². The molecule has 2 aliphatic rings. The maximum absolute atomic E-state index is 13.1. The van der Waals surface area contributed by atoms with Crippen LogP contribution in [0.1, 0.15) is 24.0 Å². The fraction of sp³-hybridized carbons (Fsp3) is 0.435. The van der Waals surface area contributed by atoms with Crippen LogP contribution in [-0.2, 0) is 16.6 Å². The van der Waals surface area contributed by atoms with Crippen molar-refractivity contribution in [2.24, 2.45) is 4.99 Å². The highest BCUT2D eigenvalue weighted by molar-refractivity contribution is 7.89. The Balaban J connectivity index is 1.46. The fourth-order valence-corrected chi connectivity index (χ4v) is 5.77. The Labute approximate surface area is 184 Å². The van der Waals surface area contributed by atoms with Gasteiger partial charge >= 0.3 is 0 Å². The molecular formula is C23H30N4O3S. The molecule has 31 heavy (non-hydrogen) atoms. The maximum Gasteiger partial charge on any atom is 0.243 e. The van der Waals surface area contributed by atoms with Crippen LogP contribution in [0.15, 0.2) is 58.4 Å². The van der Waals surface area contributed by atoms with Gasteiger partial charge in [0.25, 0.3) is 0 Å². The molecule has 2 aliphatic heterocycles. The molecule has 4 rings (SSSR count). The summed E-state index contributed by atoms with van der Waals surface area (Å²) in [5.41, 5.74) is 1.79. The van der Waals surface area contributed by atoms with Crippen molar-refractivity contribution in [2.45, 2.75) is 36.7 Å². The fourth-order valence-electron chi connectivity index (χ4n) is 4.33. The molecule has 0 aromatic heterocycles. The largest absolute Gasteiger partial charge is 0.496 e. The Kier molecular flexibility index (Phi) is 6.31. The molecule has 0 bridgehead atoms. The maximum atomic E-state index is 13.1. The first-order valence-corrected chi connectivity index (χ1v) is 12.1. The van der Waals surface area contributed by atoms with Crippen molar-refractivity contribution in [3.8, 4) is 5.75 Å². The molecule has 7 nitrogen and oxygen atoms in total. The number of benzene rings is 2. The van der Waals surface area contributed by atoms with E-state index in [1.54, 1.807) is 23.5 Å². The van der Waals surface area contributed by atoms with Gasteiger partial charge in [-0.05, 0) is 38.0 Å². The summed E-state index contributed by atoms with van der Waals surface area (Å²) in [6.45, 7) is 4.98. The van der Waals surface area contributed by atoms with Crippen LogP contribution >= 0.6 is 0 Å². The van der Waals surface area contributed by atoms with Crippen LogP contribution < -0.4 is 15.4 Å². The van der Waals surface area contributed by atoms with E-state index in [1.807, 2.05) is 43.3 Å². The first-order chi connectivity index (χ1) is 14.9. The molecule has 2 aromatic rings. The zero-order valence-corrected chi connectivity index (χ0v) is 18.9. The molecular weight excluding hydrogens is 412 g/mol. The highest BCUT2D eigenvalue weighted by Crippen LogP contribution is 2.29. The van der Waals surface area contributed by atoms with Gasteiger partial charge in [-0.15, -0.1) is 0 Å². The summed E-state index contributed by atoms with van der Waals surface area (Å²) < 4.78 is 33.2. The molecule has 0 aliphatic carbocycles. The normalized spacial score (nSPS) is 19.1. The summed E-state index contributed by atoms with van der Waals surface area (Å²) in [5, 5.41) is 7.13. The average molecular weight is 443 g/mol. The van der Waals surface area contributed by atoms with Crippen LogP contribution in [0, 0.1) is 6.92 Å². The quantitative estimate of drug-likeness (QED) is 0.743. The van der Waals surface area contributed by atoms with E-state index < -0.39 is 10.0 Å². The van der Waals surface area contributed by atoms with E-state index in [2.05, 4.69) is 10.6 Å². The molecule has 0 unspecified atom stereocenters. The summed E-state index contributed by atoms with van der Waals surface area (Å²) in [7, 11) is -1.82. The van der Waals surface area contributed by atoms with Crippen molar-refractivity contribution in [1.82, 2.24) is 14.9 Å². The topological polar surface area (TPSA) is 83.0 Å². The Morgan fingerprint density at radius 2 is 1.84 bits per heavy atom. The van der Waals surface area contributed by atoms with E-state index in [0.29, 0.717) is 43.9 Å². The molecule has 1 spiro atoms. The lowest BCUT2D eigenvalue weighted by atomic mass is 9.85. The standard InChI is InChI=1S/C23H30N4O3S/c1-18-7-9-20(10-8-18)31(28,29)27-15-11-23(12-16-27)22(24-13-14-26-23)25-17-19-5-3-4-6-21(19)30-2/h3-10,26H,11-17H2,1-2H3,(H,24,25). The Morgan fingerprint density at radius 1 is 1.13 bits per heavy atom. The van der Waals surface area contributed by atoms with Gasteiger partial charge in [-0.1, -0.05) is 35.9 Å². The molecule has 166 valence electrons. The minimum absolute atomic E-state index is 0.320. The number of aliphatic imine (C=N–C) groups is 1. The van der Waals surface area contributed by atoms with Gasteiger partial charge in [0.2, 0.25) is 10.0 Å². The molecule has 0 amide bonds. The van der Waals surface area contributed by atoms with E-state index in [-0.39, 0.29) is 5.54 Å². The zero-order chi connectivity index (χ0) is 21.9. The second-order valence-corrected chi connectivity index (χ2v) is 10.1. The number of para-hydroxylation sites is 1. The monoisotopic (exact) mass is 442 g/mol. The van der Waals surface area contributed by atoms with Crippen molar-refractivity contribution in [3.63, 3.8) is 0 Å². The predicted octanol–water partition coefficient (Wildman–Crippen LogP) is 2.32. The summed E-state index contributed by atoms with van der Waals surface area (Å²) in [4.78, 5) is 5.12. The van der Waals surface area contributed by atoms with Crippen LogP contribution in [0.2, 0.25) is 0 Å². The van der Waals surface area contributed by atoms with Crippen LogP contribution in [-0.4, -0.2) is 57.4 Å². The Morgan fingerprint density at radius 3 is 2.55 bits per heavy atom. The second kappa shape index (κ2) is 8.98. The average Bonchev–Trinajstić information content (AvgIpc) is 2.79. The number of piperidine rings is 1. The van der Waals surface area contributed by atoms with Crippen molar-refractivity contribution in [3.05, 3.63) is 59.7 Å². The van der Waals surface area contributed by atoms with Gasteiger partial charge in [0.15, 0.2) is 0 Å². The molecule has 8 heteroatoms. The van der Waals surface area contributed by atoms with Crippen LogP contribution in [0.4, 0.5) is 0 Å². The summed E-state index contributed by atoms with van der Waals surface area (Å²) >= 11 is 0. The smallest absolute Gasteiger partial charge is 0.243 e. The zero-order valence-electron chi connectivity index (χ0n) is 18.1. The van der Waals surface area contributed by atoms with Gasteiger partial charge in [-0.2, -0.15) is 4.31 Å². The number of methoxy groups -OCH3 is 1. The van der Waals surface area contributed by atoms with Gasteiger partial charge in [0.05, 0.1) is 24.1 Å². The number of aryl methyl sites for hydroxylation is 1. The SMILES string of the molecule is COc1ccccc1CNC1=NCCNC12CCN(S(=O)(=O)c1ccc(C)cc1)CC2. The van der Waals surface area contributed by atoms with Crippen LogP contribution in [0.3, 0.4) is 0 Å². The third-order valence-corrected chi connectivity index (χ3v) is 8.08. The number of hydrogen-bond donors (Lipinski definition) is 2. The van der Waals surface area contributed by atoms with E-state index in [1.165, 1.54) is 0 Å².